The average Bonchev–Trinajstić information content (AvgIpc) is 2.43. The second-order valence-electron chi connectivity index (χ2n) is 5.50. The lowest BCUT2D eigenvalue weighted by atomic mass is 9.78. The zero-order valence-corrected chi connectivity index (χ0v) is 11.4. The van der Waals surface area contributed by atoms with Crippen molar-refractivity contribution in [2.24, 2.45) is 11.1 Å². The van der Waals surface area contributed by atoms with Crippen LogP contribution in [0.3, 0.4) is 0 Å². The summed E-state index contributed by atoms with van der Waals surface area (Å²) in [6, 6.07) is 10.7. The molecule has 1 aromatic rings. The van der Waals surface area contributed by atoms with Crippen LogP contribution in [0.15, 0.2) is 30.3 Å². The molecule has 0 aliphatic carbocycles. The predicted octanol–water partition coefficient (Wildman–Crippen LogP) is 1.45. The zero-order valence-electron chi connectivity index (χ0n) is 11.4. The van der Waals surface area contributed by atoms with Gasteiger partial charge in [-0.05, 0) is 50.5 Å². The molecule has 1 aliphatic heterocycles. The molecule has 2 rings (SSSR count). The number of rotatable bonds is 5. The molecule has 0 aromatic heterocycles. The lowest BCUT2D eigenvalue weighted by molar-refractivity contribution is 0.105. The van der Waals surface area contributed by atoms with Gasteiger partial charge in [-0.3, -0.25) is 4.90 Å². The average molecular weight is 247 g/mol. The molecule has 0 atom stereocenters. The molecule has 3 N–H and O–H groups in total. The summed E-state index contributed by atoms with van der Waals surface area (Å²) in [5.41, 5.74) is 7.69. The molecule has 3 heteroatoms. The smallest absolute Gasteiger partial charge is 0.0233 e. The number of nitrogens with zero attached hydrogens (tertiary/aromatic N) is 1. The molecule has 0 bridgehead atoms. The van der Waals surface area contributed by atoms with Crippen molar-refractivity contribution in [3.8, 4) is 0 Å². The zero-order chi connectivity index (χ0) is 12.8. The first kappa shape index (κ1) is 13.5. The summed E-state index contributed by atoms with van der Waals surface area (Å²) >= 11 is 0. The fourth-order valence-electron chi connectivity index (χ4n) is 2.86. The lowest BCUT2D eigenvalue weighted by Gasteiger charge is -2.41. The molecule has 1 aromatic carbocycles. The minimum atomic E-state index is 0.321. The van der Waals surface area contributed by atoms with E-state index in [1.165, 1.54) is 18.4 Å². The highest BCUT2D eigenvalue weighted by molar-refractivity contribution is 5.14. The fourth-order valence-corrected chi connectivity index (χ4v) is 2.86. The summed E-state index contributed by atoms with van der Waals surface area (Å²) in [7, 11) is 2.02. The number of likely N-dealkylation sites (tertiary alicyclic amines) is 1. The molecular formula is C15H25N3. The number of benzene rings is 1. The van der Waals surface area contributed by atoms with Crippen LogP contribution in [0.25, 0.3) is 0 Å². The van der Waals surface area contributed by atoms with Crippen LogP contribution in [0.2, 0.25) is 0 Å². The fraction of sp³-hybridized carbons (Fsp3) is 0.600. The second kappa shape index (κ2) is 6.32. The molecule has 3 nitrogen and oxygen atoms in total. The van der Waals surface area contributed by atoms with E-state index in [0.29, 0.717) is 5.41 Å². The molecule has 100 valence electrons. The van der Waals surface area contributed by atoms with Gasteiger partial charge >= 0.3 is 0 Å². The van der Waals surface area contributed by atoms with Gasteiger partial charge in [-0.1, -0.05) is 30.3 Å². The summed E-state index contributed by atoms with van der Waals surface area (Å²) in [5, 5.41) is 3.30. The number of hydrogen-bond acceptors (Lipinski definition) is 3. The molecule has 0 radical (unpaired) electrons. The Labute approximate surface area is 110 Å². The molecular weight excluding hydrogens is 222 g/mol. The van der Waals surface area contributed by atoms with Crippen LogP contribution in [-0.2, 0) is 6.54 Å². The lowest BCUT2D eigenvalue weighted by Crippen LogP contribution is -2.48. The summed E-state index contributed by atoms with van der Waals surface area (Å²) < 4.78 is 0. The van der Waals surface area contributed by atoms with Crippen molar-refractivity contribution in [1.29, 1.82) is 0 Å². The number of nitrogens with one attached hydrogen (secondary N) is 1. The highest BCUT2D eigenvalue weighted by Crippen LogP contribution is 2.30. The number of hydrogen-bond donors (Lipinski definition) is 2. The first-order chi connectivity index (χ1) is 8.78. The maximum Gasteiger partial charge on any atom is 0.0233 e. The van der Waals surface area contributed by atoms with E-state index < -0.39 is 0 Å². The Morgan fingerprint density at radius 3 is 2.44 bits per heavy atom. The maximum atomic E-state index is 5.96. The van der Waals surface area contributed by atoms with Crippen LogP contribution in [0.4, 0.5) is 0 Å². The van der Waals surface area contributed by atoms with Crippen LogP contribution < -0.4 is 11.1 Å². The van der Waals surface area contributed by atoms with E-state index in [0.717, 1.165) is 32.7 Å². The molecule has 1 heterocycles. The highest BCUT2D eigenvalue weighted by atomic mass is 15.1. The van der Waals surface area contributed by atoms with Gasteiger partial charge in [-0.25, -0.2) is 0 Å². The van der Waals surface area contributed by atoms with E-state index in [1.54, 1.807) is 0 Å². The third-order valence-corrected chi connectivity index (χ3v) is 4.15. The Morgan fingerprint density at radius 1 is 1.22 bits per heavy atom. The summed E-state index contributed by atoms with van der Waals surface area (Å²) in [4.78, 5) is 2.54. The Bertz CT molecular complexity index is 342. The van der Waals surface area contributed by atoms with E-state index in [1.807, 2.05) is 7.05 Å². The molecule has 0 spiro atoms. The molecule has 1 saturated heterocycles. The van der Waals surface area contributed by atoms with Crippen LogP contribution >= 0.6 is 0 Å². The van der Waals surface area contributed by atoms with Gasteiger partial charge in [0.25, 0.3) is 0 Å². The first-order valence-corrected chi connectivity index (χ1v) is 6.89. The molecule has 0 unspecified atom stereocenters. The number of nitrogens with two attached hydrogens (primary N) is 1. The Hall–Kier alpha value is -0.900. The Kier molecular flexibility index (Phi) is 4.75. The van der Waals surface area contributed by atoms with Crippen molar-refractivity contribution >= 4 is 0 Å². The largest absolute Gasteiger partial charge is 0.330 e. The second-order valence-corrected chi connectivity index (χ2v) is 5.50. The van der Waals surface area contributed by atoms with Gasteiger partial charge in [0, 0.05) is 13.1 Å². The summed E-state index contributed by atoms with van der Waals surface area (Å²) in [6.45, 7) is 5.23. The van der Waals surface area contributed by atoms with Gasteiger partial charge in [0.1, 0.15) is 0 Å². The summed E-state index contributed by atoms with van der Waals surface area (Å²) in [6.07, 6.45) is 2.41. The van der Waals surface area contributed by atoms with Gasteiger partial charge in [0.2, 0.25) is 0 Å². The van der Waals surface area contributed by atoms with Gasteiger partial charge < -0.3 is 11.1 Å². The Balaban J connectivity index is 1.86. The minimum absolute atomic E-state index is 0.321. The van der Waals surface area contributed by atoms with Gasteiger partial charge in [-0.2, -0.15) is 0 Å². The van der Waals surface area contributed by atoms with Gasteiger partial charge in [-0.15, -0.1) is 0 Å². The van der Waals surface area contributed by atoms with Crippen LogP contribution in [0.1, 0.15) is 18.4 Å². The van der Waals surface area contributed by atoms with Crippen LogP contribution in [0, 0.1) is 5.41 Å². The molecule has 1 aliphatic rings. The van der Waals surface area contributed by atoms with Crippen molar-refractivity contribution in [2.45, 2.75) is 19.4 Å². The molecule has 18 heavy (non-hydrogen) atoms. The Morgan fingerprint density at radius 2 is 1.89 bits per heavy atom. The van der Waals surface area contributed by atoms with E-state index in [9.17, 15) is 0 Å². The van der Waals surface area contributed by atoms with Gasteiger partial charge in [0.05, 0.1) is 0 Å². The predicted molar refractivity (Wildman–Crippen MR) is 76.4 cm³/mol. The van der Waals surface area contributed by atoms with Crippen LogP contribution in [-0.4, -0.2) is 38.1 Å². The van der Waals surface area contributed by atoms with Crippen LogP contribution in [0.5, 0.6) is 0 Å². The quantitative estimate of drug-likeness (QED) is 0.827. The first-order valence-electron chi connectivity index (χ1n) is 6.89. The van der Waals surface area contributed by atoms with Crippen molar-refractivity contribution < 1.29 is 0 Å². The SMILES string of the molecule is CNCC1(CN)CCN(Cc2ccccc2)CC1. The van der Waals surface area contributed by atoms with Crippen molar-refractivity contribution in [3.63, 3.8) is 0 Å². The van der Waals surface area contributed by atoms with Crippen molar-refractivity contribution in [1.82, 2.24) is 10.2 Å². The van der Waals surface area contributed by atoms with E-state index in [-0.39, 0.29) is 0 Å². The van der Waals surface area contributed by atoms with Gasteiger partial charge in [0.15, 0.2) is 0 Å². The third-order valence-electron chi connectivity index (χ3n) is 4.15. The number of piperidine rings is 1. The topological polar surface area (TPSA) is 41.3 Å². The van der Waals surface area contributed by atoms with Crippen molar-refractivity contribution in [2.75, 3.05) is 33.2 Å². The van der Waals surface area contributed by atoms with E-state index >= 15 is 0 Å². The maximum absolute atomic E-state index is 5.96. The monoisotopic (exact) mass is 247 g/mol. The highest BCUT2D eigenvalue weighted by Gasteiger charge is 2.32. The van der Waals surface area contributed by atoms with E-state index in [2.05, 4.69) is 40.5 Å². The molecule has 0 amide bonds. The third kappa shape index (κ3) is 3.31. The van der Waals surface area contributed by atoms with Crippen molar-refractivity contribution in [3.05, 3.63) is 35.9 Å². The molecule has 0 saturated carbocycles. The standard InChI is InChI=1S/C15H25N3/c1-17-13-15(12-16)7-9-18(10-8-15)11-14-5-3-2-4-6-14/h2-6,17H,7-13,16H2,1H3. The molecule has 1 fully saturated rings. The minimum Gasteiger partial charge on any atom is -0.330 e. The normalized spacial score (nSPS) is 19.9. The van der Waals surface area contributed by atoms with E-state index in [4.69, 9.17) is 5.73 Å². The summed E-state index contributed by atoms with van der Waals surface area (Å²) in [5.74, 6) is 0.